The van der Waals surface area contributed by atoms with Gasteiger partial charge in [0.25, 0.3) is 0 Å². The Kier molecular flexibility index (Phi) is 17.7. The van der Waals surface area contributed by atoms with Crippen molar-refractivity contribution < 1.29 is 63.2 Å². The number of hydrogen-bond acceptors (Lipinski definition) is 17. The van der Waals surface area contributed by atoms with E-state index < -0.39 is 116 Å². The molecule has 0 bridgehead atoms. The normalized spacial score (nSPS) is 38.6. The van der Waals surface area contributed by atoms with Crippen LogP contribution in [0.25, 0.3) is 11.3 Å². The molecular weight excluding hydrogens is 855 g/mol. The third-order valence-corrected chi connectivity index (χ3v) is 13.8. The number of fused-ring (bicyclic) bond motifs is 1. The van der Waals surface area contributed by atoms with Crippen LogP contribution in [0.5, 0.6) is 0 Å². The summed E-state index contributed by atoms with van der Waals surface area (Å²) < 4.78 is 44.6. The number of nitrogens with zero attached hydrogens (tertiary/aromatic N) is 5. The minimum Gasteiger partial charge on any atom is -0.462 e. The van der Waals surface area contributed by atoms with Gasteiger partial charge in [0, 0.05) is 69.4 Å². The SMILES string of the molecule is CC[C@H]1OC(=O)C[C@@H](O)[C@@H]2/C(=C\C(C)=C\[C@@H]1COC1OC(C)C(O)C(OC)C1OC)C(=O)[C@H](C)C[C@H](CCn1cc(-c3ccc(N(C)C)cc3)nn1)[C@@H]2O[C@@H]1O[C@H](C)C(O)C(N(C)C)C1O. The van der Waals surface area contributed by atoms with E-state index in [1.165, 1.54) is 14.2 Å². The fourth-order valence-electron chi connectivity index (χ4n) is 10.1. The summed E-state index contributed by atoms with van der Waals surface area (Å²) >= 11 is 0. The first-order chi connectivity index (χ1) is 31.4. The van der Waals surface area contributed by atoms with Crippen LogP contribution in [0, 0.1) is 23.7 Å². The standard InChI is InChI=1S/C48H73N5O13/c1-12-36-31(24-62-48-46(61-11)45(60-10)42(58)28(5)64-48)19-25(2)20-33-38(35(54)22-37(55)65-36)44(66-47-43(59)39(52(8)9)41(57)27(4)63-47)30(21-26(3)40(33)56)17-18-53-23-34(49-50-53)29-13-15-32(16-14-29)51(6)7/h13-16,19-20,23,26-28,30-31,35-36,38-39,41-48,54,57-59H,12,17-18,21-22,24H2,1-11H3/b25-19+,33-20+/t26-,27-,28?,30+,31-,35-,36-,38+,39?,41?,42?,43?,44+,45?,46?,47+,48?/m1/s1. The number of esters is 1. The summed E-state index contributed by atoms with van der Waals surface area (Å²) in [5.41, 5.74) is 3.57. The maximum atomic E-state index is 14.8. The van der Waals surface area contributed by atoms with Crippen LogP contribution in [-0.2, 0) is 49.3 Å². The topological polar surface area (TPSA) is 217 Å². The van der Waals surface area contributed by atoms with Crippen molar-refractivity contribution in [3.05, 3.63) is 53.8 Å². The molecule has 18 heteroatoms. The average Bonchev–Trinajstić information content (AvgIpc) is 3.72. The van der Waals surface area contributed by atoms with Crippen molar-refractivity contribution >= 4 is 17.4 Å². The lowest BCUT2D eigenvalue weighted by molar-refractivity contribution is -0.304. The maximum Gasteiger partial charge on any atom is 0.308 e. The molecule has 4 N–H and O–H groups in total. The highest BCUT2D eigenvalue weighted by molar-refractivity contribution is 5.98. The summed E-state index contributed by atoms with van der Waals surface area (Å²) in [5, 5.41) is 54.9. The highest BCUT2D eigenvalue weighted by atomic mass is 16.7. The summed E-state index contributed by atoms with van der Waals surface area (Å²) in [6.45, 7) is 9.38. The third-order valence-electron chi connectivity index (χ3n) is 13.8. The van der Waals surface area contributed by atoms with Gasteiger partial charge in [0.15, 0.2) is 18.4 Å². The van der Waals surface area contributed by atoms with E-state index in [0.29, 0.717) is 37.1 Å². The second-order valence-electron chi connectivity index (χ2n) is 18.9. The lowest BCUT2D eigenvalue weighted by atomic mass is 9.79. The van der Waals surface area contributed by atoms with Gasteiger partial charge in [0.2, 0.25) is 0 Å². The number of likely N-dealkylation sites (N-methyl/N-ethyl adjacent to an activating group) is 1. The maximum absolute atomic E-state index is 14.8. The fraction of sp³-hybridized carbons (Fsp3) is 0.708. The highest BCUT2D eigenvalue weighted by Gasteiger charge is 2.51. The predicted octanol–water partition coefficient (Wildman–Crippen LogP) is 2.75. The van der Waals surface area contributed by atoms with Gasteiger partial charge in [-0.2, -0.15) is 0 Å². The summed E-state index contributed by atoms with van der Waals surface area (Å²) in [5.74, 6) is -3.48. The average molecular weight is 928 g/mol. The molecule has 1 aromatic heterocycles. The van der Waals surface area contributed by atoms with E-state index in [1.807, 2.05) is 76.3 Å². The first kappa shape index (κ1) is 51.7. The minimum atomic E-state index is -1.46. The molecule has 6 rings (SSSR count). The van der Waals surface area contributed by atoms with E-state index in [4.69, 9.17) is 33.2 Å². The zero-order valence-corrected chi connectivity index (χ0v) is 40.3. The Morgan fingerprint density at radius 1 is 0.879 bits per heavy atom. The number of allylic oxidation sites excluding steroid dienone is 2. The number of benzene rings is 1. The summed E-state index contributed by atoms with van der Waals surface area (Å²) in [4.78, 5) is 32.5. The van der Waals surface area contributed by atoms with Crippen molar-refractivity contribution in [2.75, 3.05) is 53.9 Å². The van der Waals surface area contributed by atoms with E-state index in [-0.39, 0.29) is 18.0 Å². The van der Waals surface area contributed by atoms with Gasteiger partial charge in [-0.15, -0.1) is 5.10 Å². The Bertz CT molecular complexity index is 1980. The smallest absolute Gasteiger partial charge is 0.308 e. The van der Waals surface area contributed by atoms with Crippen LogP contribution in [0.3, 0.4) is 0 Å². The van der Waals surface area contributed by atoms with Crippen molar-refractivity contribution in [1.82, 2.24) is 19.9 Å². The quantitative estimate of drug-likeness (QED) is 0.200. The zero-order valence-electron chi connectivity index (χ0n) is 40.3. The highest BCUT2D eigenvalue weighted by Crippen LogP contribution is 2.42. The van der Waals surface area contributed by atoms with Gasteiger partial charge in [0.1, 0.15) is 36.2 Å². The van der Waals surface area contributed by atoms with Gasteiger partial charge < -0.3 is 63.4 Å². The van der Waals surface area contributed by atoms with E-state index in [1.54, 1.807) is 43.6 Å². The minimum absolute atomic E-state index is 0.0135. The Morgan fingerprint density at radius 3 is 2.18 bits per heavy atom. The van der Waals surface area contributed by atoms with Gasteiger partial charge in [-0.05, 0) is 72.2 Å². The number of methoxy groups -OCH3 is 2. The molecule has 2 saturated heterocycles. The molecule has 3 fully saturated rings. The Balaban J connectivity index is 1.37. The Hall–Kier alpha value is -3.66. The van der Waals surface area contributed by atoms with Crippen LogP contribution >= 0.6 is 0 Å². The van der Waals surface area contributed by atoms with Gasteiger partial charge in [0.05, 0.1) is 55.8 Å². The first-order valence-corrected chi connectivity index (χ1v) is 23.2. The molecule has 17 atom stereocenters. The number of rotatable bonds is 14. The lowest BCUT2D eigenvalue weighted by Gasteiger charge is -2.46. The molecule has 368 valence electrons. The molecule has 1 aromatic carbocycles. The second kappa shape index (κ2) is 22.6. The van der Waals surface area contributed by atoms with Crippen LogP contribution in [0.15, 0.2) is 53.8 Å². The number of Topliss-reactive ketones (excluding diaryl/α,β-unsaturated/α-hetero) is 1. The summed E-state index contributed by atoms with van der Waals surface area (Å²) in [6.07, 6.45) is -5.26. The Labute approximate surface area is 388 Å². The zero-order chi connectivity index (χ0) is 48.1. The molecule has 0 radical (unpaired) electrons. The van der Waals surface area contributed by atoms with E-state index in [2.05, 4.69) is 10.3 Å². The number of aromatic nitrogens is 3. The Morgan fingerprint density at radius 2 is 1.55 bits per heavy atom. The molecule has 18 nitrogen and oxygen atoms in total. The van der Waals surface area contributed by atoms with Crippen LogP contribution in [0.1, 0.15) is 60.3 Å². The molecule has 3 aliphatic heterocycles. The van der Waals surface area contributed by atoms with Gasteiger partial charge >= 0.3 is 5.97 Å². The number of aryl methyl sites for hydroxylation is 1. The molecule has 2 aromatic rings. The molecule has 1 saturated carbocycles. The van der Waals surface area contributed by atoms with E-state index in [9.17, 15) is 30.0 Å². The number of anilines is 1. The first-order valence-electron chi connectivity index (χ1n) is 23.2. The third kappa shape index (κ3) is 11.6. The molecule has 1 aliphatic carbocycles. The largest absolute Gasteiger partial charge is 0.462 e. The fourth-order valence-corrected chi connectivity index (χ4v) is 10.1. The van der Waals surface area contributed by atoms with Gasteiger partial charge in [-0.1, -0.05) is 48.9 Å². The molecular formula is C48H73N5O13. The van der Waals surface area contributed by atoms with Crippen molar-refractivity contribution in [1.29, 1.82) is 0 Å². The molecule has 0 amide bonds. The number of hydrogen-bond donors (Lipinski definition) is 4. The van der Waals surface area contributed by atoms with Crippen molar-refractivity contribution in [3.8, 4) is 11.3 Å². The summed E-state index contributed by atoms with van der Waals surface area (Å²) in [7, 11) is 10.4. The van der Waals surface area contributed by atoms with Crippen LogP contribution in [-0.4, -0.2) is 181 Å². The predicted molar refractivity (Wildman–Crippen MR) is 243 cm³/mol. The van der Waals surface area contributed by atoms with Crippen molar-refractivity contribution in [3.63, 3.8) is 0 Å². The van der Waals surface area contributed by atoms with Gasteiger partial charge in [-0.3, -0.25) is 14.3 Å². The van der Waals surface area contributed by atoms with Crippen molar-refractivity contribution in [2.45, 2.75) is 147 Å². The van der Waals surface area contributed by atoms with E-state index >= 15 is 0 Å². The number of ketones is 1. The van der Waals surface area contributed by atoms with Crippen molar-refractivity contribution in [2.24, 2.45) is 23.7 Å². The van der Waals surface area contributed by atoms with Crippen LogP contribution in [0.4, 0.5) is 5.69 Å². The lowest BCUT2D eigenvalue weighted by Crippen LogP contribution is -2.63. The number of ether oxygens (including phenoxy) is 7. The molecule has 66 heavy (non-hydrogen) atoms. The number of aliphatic hydroxyl groups excluding tert-OH is 4. The van der Waals surface area contributed by atoms with Crippen LogP contribution in [0.2, 0.25) is 0 Å². The number of aliphatic hydroxyl groups is 4. The number of carbonyl (C=O) groups is 2. The molecule has 4 aliphatic rings. The van der Waals surface area contributed by atoms with Gasteiger partial charge in [-0.25, -0.2) is 0 Å². The van der Waals surface area contributed by atoms with Crippen LogP contribution < -0.4 is 4.90 Å². The second-order valence-corrected chi connectivity index (χ2v) is 18.9. The number of cyclic esters (lactones) is 1. The molecule has 8 unspecified atom stereocenters. The summed E-state index contributed by atoms with van der Waals surface area (Å²) in [6, 6.07) is 7.24. The monoisotopic (exact) mass is 928 g/mol. The number of carbonyl (C=O) groups excluding carboxylic acids is 2. The molecule has 4 heterocycles. The van der Waals surface area contributed by atoms with E-state index in [0.717, 1.165) is 11.3 Å². The molecule has 0 spiro atoms.